The van der Waals surface area contributed by atoms with Gasteiger partial charge in [0.2, 0.25) is 0 Å². The molecule has 0 atom stereocenters. The Morgan fingerprint density at radius 1 is 1.19 bits per heavy atom. The number of aryl methyl sites for hydroxylation is 1. The van der Waals surface area contributed by atoms with E-state index in [9.17, 15) is 4.79 Å². The molecular formula is C19H24ClN5OS. The lowest BCUT2D eigenvalue weighted by atomic mass is 9.97. The number of hydrogen-bond acceptors (Lipinski definition) is 5. The Morgan fingerprint density at radius 3 is 2.59 bits per heavy atom. The van der Waals surface area contributed by atoms with Crippen molar-refractivity contribution in [3.63, 3.8) is 0 Å². The predicted molar refractivity (Wildman–Crippen MR) is 110 cm³/mol. The summed E-state index contributed by atoms with van der Waals surface area (Å²) in [5.74, 6) is 1.25. The van der Waals surface area contributed by atoms with Crippen LogP contribution < -0.4 is 11.0 Å². The summed E-state index contributed by atoms with van der Waals surface area (Å²) in [5.41, 5.74) is 3.89. The maximum atomic E-state index is 13.1. The van der Waals surface area contributed by atoms with Crippen molar-refractivity contribution in [2.24, 2.45) is 0 Å². The lowest BCUT2D eigenvalue weighted by Gasteiger charge is -2.22. The molecule has 6 nitrogen and oxygen atoms in total. The number of piperidine rings is 1. The van der Waals surface area contributed by atoms with E-state index in [4.69, 9.17) is 5.10 Å². The molecule has 1 fully saturated rings. The standard InChI is InChI=1S/C19H23N5OS.ClH/c1-14-17(26-13-21-14)12-24-19(25)23(11-15-5-3-2-4-6-15)18(22-24)16-7-9-20-10-8-16;/h2-6,13,16,20H,7-12H2,1H3;1H. The van der Waals surface area contributed by atoms with Crippen molar-refractivity contribution in [1.29, 1.82) is 0 Å². The molecule has 0 aliphatic carbocycles. The summed E-state index contributed by atoms with van der Waals surface area (Å²) in [4.78, 5) is 18.5. The van der Waals surface area contributed by atoms with Gasteiger partial charge in [-0.25, -0.2) is 14.5 Å². The van der Waals surface area contributed by atoms with Crippen molar-refractivity contribution in [2.45, 2.75) is 38.8 Å². The van der Waals surface area contributed by atoms with Crippen molar-refractivity contribution in [2.75, 3.05) is 13.1 Å². The number of hydrogen-bond donors (Lipinski definition) is 1. The molecule has 3 aromatic rings. The van der Waals surface area contributed by atoms with Crippen LogP contribution in [-0.4, -0.2) is 32.4 Å². The van der Waals surface area contributed by atoms with Gasteiger partial charge >= 0.3 is 5.69 Å². The fourth-order valence-corrected chi connectivity index (χ4v) is 4.23. The van der Waals surface area contributed by atoms with E-state index < -0.39 is 0 Å². The lowest BCUT2D eigenvalue weighted by molar-refractivity contribution is 0.431. The smallest absolute Gasteiger partial charge is 0.317 e. The van der Waals surface area contributed by atoms with E-state index in [1.165, 1.54) is 0 Å². The van der Waals surface area contributed by atoms with E-state index in [0.717, 1.165) is 47.9 Å². The zero-order valence-electron chi connectivity index (χ0n) is 15.3. The van der Waals surface area contributed by atoms with Gasteiger partial charge in [0.1, 0.15) is 5.82 Å². The van der Waals surface area contributed by atoms with Gasteiger partial charge in [-0.1, -0.05) is 30.3 Å². The highest BCUT2D eigenvalue weighted by Crippen LogP contribution is 2.23. The van der Waals surface area contributed by atoms with E-state index in [1.807, 2.05) is 35.2 Å². The second kappa shape index (κ2) is 8.82. The van der Waals surface area contributed by atoms with Crippen LogP contribution in [0.5, 0.6) is 0 Å². The Labute approximate surface area is 168 Å². The van der Waals surface area contributed by atoms with Gasteiger partial charge in [-0.05, 0) is 38.4 Å². The molecule has 0 unspecified atom stereocenters. The average Bonchev–Trinajstić information content (AvgIpc) is 3.22. The first-order valence-electron chi connectivity index (χ1n) is 9.03. The van der Waals surface area contributed by atoms with E-state index >= 15 is 0 Å². The number of halogens is 1. The number of nitrogens with zero attached hydrogens (tertiary/aromatic N) is 4. The molecule has 3 heterocycles. The van der Waals surface area contributed by atoms with Crippen LogP contribution in [0.1, 0.15) is 40.7 Å². The molecule has 144 valence electrons. The molecular weight excluding hydrogens is 382 g/mol. The Bertz CT molecular complexity index is 927. The average molecular weight is 406 g/mol. The Balaban J connectivity index is 0.00000210. The van der Waals surface area contributed by atoms with Crippen LogP contribution in [0.3, 0.4) is 0 Å². The maximum Gasteiger partial charge on any atom is 0.346 e. The van der Waals surface area contributed by atoms with E-state index in [-0.39, 0.29) is 18.1 Å². The van der Waals surface area contributed by atoms with Gasteiger partial charge in [-0.15, -0.1) is 23.7 Å². The molecule has 1 saturated heterocycles. The Morgan fingerprint density at radius 2 is 1.93 bits per heavy atom. The highest BCUT2D eigenvalue weighted by atomic mass is 35.5. The molecule has 0 saturated carbocycles. The molecule has 0 amide bonds. The van der Waals surface area contributed by atoms with Crippen LogP contribution >= 0.6 is 23.7 Å². The van der Waals surface area contributed by atoms with Crippen LogP contribution in [-0.2, 0) is 13.1 Å². The molecule has 4 rings (SSSR count). The van der Waals surface area contributed by atoms with Gasteiger partial charge in [0.15, 0.2) is 0 Å². The number of benzene rings is 1. The summed E-state index contributed by atoms with van der Waals surface area (Å²) in [6, 6.07) is 10.1. The van der Waals surface area contributed by atoms with E-state index in [1.54, 1.807) is 16.0 Å². The molecule has 8 heteroatoms. The van der Waals surface area contributed by atoms with Crippen molar-refractivity contribution >= 4 is 23.7 Å². The highest BCUT2D eigenvalue weighted by molar-refractivity contribution is 7.09. The zero-order valence-corrected chi connectivity index (χ0v) is 16.9. The summed E-state index contributed by atoms with van der Waals surface area (Å²) < 4.78 is 3.47. The number of nitrogens with one attached hydrogen (secondary N) is 1. The first kappa shape index (κ1) is 19.8. The fraction of sp³-hybridized carbons (Fsp3) is 0.421. The zero-order chi connectivity index (χ0) is 17.9. The van der Waals surface area contributed by atoms with Gasteiger partial charge in [0, 0.05) is 10.8 Å². The molecule has 0 spiro atoms. The van der Waals surface area contributed by atoms with Gasteiger partial charge in [0.05, 0.1) is 24.3 Å². The summed E-state index contributed by atoms with van der Waals surface area (Å²) in [5, 5.41) is 8.15. The van der Waals surface area contributed by atoms with Crippen LogP contribution in [0.2, 0.25) is 0 Å². The third-order valence-corrected chi connectivity index (χ3v) is 5.90. The molecule has 1 N–H and O–H groups in total. The fourth-order valence-electron chi connectivity index (χ4n) is 3.47. The minimum atomic E-state index is -0.0322. The maximum absolute atomic E-state index is 13.1. The molecule has 1 aromatic carbocycles. The second-order valence-corrected chi connectivity index (χ2v) is 7.69. The van der Waals surface area contributed by atoms with Gasteiger partial charge in [-0.2, -0.15) is 5.10 Å². The summed E-state index contributed by atoms with van der Waals surface area (Å²) in [7, 11) is 0. The quantitative estimate of drug-likeness (QED) is 0.708. The van der Waals surface area contributed by atoms with Crippen LogP contribution in [0.15, 0.2) is 40.6 Å². The largest absolute Gasteiger partial charge is 0.346 e. The summed E-state index contributed by atoms with van der Waals surface area (Å²) >= 11 is 1.58. The predicted octanol–water partition coefficient (Wildman–Crippen LogP) is 2.80. The van der Waals surface area contributed by atoms with Crippen molar-refractivity contribution < 1.29 is 0 Å². The Hall–Kier alpha value is -1.96. The molecule has 27 heavy (non-hydrogen) atoms. The molecule has 1 aliphatic rings. The van der Waals surface area contributed by atoms with E-state index in [0.29, 0.717) is 19.0 Å². The molecule has 1 aliphatic heterocycles. The summed E-state index contributed by atoms with van der Waals surface area (Å²) in [6.07, 6.45) is 2.04. The Kier molecular flexibility index (Phi) is 6.46. The number of aromatic nitrogens is 4. The molecule has 0 radical (unpaired) electrons. The van der Waals surface area contributed by atoms with Gasteiger partial charge < -0.3 is 5.32 Å². The lowest BCUT2D eigenvalue weighted by Crippen LogP contribution is -2.30. The third-order valence-electron chi connectivity index (χ3n) is 4.98. The van der Waals surface area contributed by atoms with Crippen LogP contribution in [0.25, 0.3) is 0 Å². The van der Waals surface area contributed by atoms with Gasteiger partial charge in [-0.3, -0.25) is 4.57 Å². The SMILES string of the molecule is Cc1ncsc1Cn1nc(C2CCNCC2)n(Cc2ccccc2)c1=O.Cl. The molecule has 0 bridgehead atoms. The molecule has 2 aromatic heterocycles. The number of rotatable bonds is 5. The third kappa shape index (κ3) is 4.31. The second-order valence-electron chi connectivity index (χ2n) is 6.76. The monoisotopic (exact) mass is 405 g/mol. The normalized spacial score (nSPS) is 14.9. The summed E-state index contributed by atoms with van der Waals surface area (Å²) in [6.45, 7) is 5.00. The topological polar surface area (TPSA) is 64.7 Å². The van der Waals surface area contributed by atoms with Gasteiger partial charge in [0.25, 0.3) is 0 Å². The highest BCUT2D eigenvalue weighted by Gasteiger charge is 2.24. The van der Waals surface area contributed by atoms with Crippen molar-refractivity contribution in [1.82, 2.24) is 24.6 Å². The first-order valence-corrected chi connectivity index (χ1v) is 9.91. The minimum Gasteiger partial charge on any atom is -0.317 e. The van der Waals surface area contributed by atoms with Crippen molar-refractivity contribution in [3.05, 3.63) is 68.3 Å². The van der Waals surface area contributed by atoms with Crippen molar-refractivity contribution in [3.8, 4) is 0 Å². The first-order chi connectivity index (χ1) is 12.7. The van der Waals surface area contributed by atoms with Crippen LogP contribution in [0.4, 0.5) is 0 Å². The minimum absolute atomic E-state index is 0. The number of thiazole rings is 1. The van der Waals surface area contributed by atoms with Crippen LogP contribution in [0, 0.1) is 6.92 Å². The van der Waals surface area contributed by atoms with E-state index in [2.05, 4.69) is 22.4 Å².